The van der Waals surface area contributed by atoms with Crippen LogP contribution in [-0.2, 0) is 12.8 Å². The average Bonchev–Trinajstić information content (AvgIpc) is 3.66. The fourth-order valence-corrected chi connectivity index (χ4v) is 7.11. The highest BCUT2D eigenvalue weighted by Crippen LogP contribution is 2.47. The van der Waals surface area contributed by atoms with Gasteiger partial charge in [0.1, 0.15) is 11.9 Å². The fourth-order valence-electron chi connectivity index (χ4n) is 7.11. The second kappa shape index (κ2) is 7.93. The molecule has 3 aliphatic rings. The van der Waals surface area contributed by atoms with Crippen molar-refractivity contribution in [3.63, 3.8) is 0 Å². The molecule has 0 unspecified atom stereocenters. The Bertz CT molecular complexity index is 1700. The smallest absolute Gasteiger partial charge is 0.157 e. The number of aromatic nitrogens is 2. The molecule has 37 heavy (non-hydrogen) atoms. The van der Waals surface area contributed by atoms with E-state index in [4.69, 9.17) is 4.98 Å². The Hall–Kier alpha value is -4.14. The topological polar surface area (TPSA) is 47.6 Å². The van der Waals surface area contributed by atoms with Crippen molar-refractivity contribution in [2.45, 2.75) is 25.3 Å². The van der Waals surface area contributed by atoms with E-state index in [2.05, 4.69) is 87.0 Å². The van der Waals surface area contributed by atoms with E-state index in [1.165, 1.54) is 39.2 Å². The van der Waals surface area contributed by atoms with Crippen LogP contribution in [0.4, 0.5) is 5.82 Å². The highest BCUT2D eigenvalue weighted by Gasteiger charge is 2.36. The first kappa shape index (κ1) is 21.0. The van der Waals surface area contributed by atoms with E-state index in [1.807, 2.05) is 6.07 Å². The second-order valence-corrected chi connectivity index (χ2v) is 10.5. The monoisotopic (exact) mass is 481 g/mol. The lowest BCUT2D eigenvalue weighted by molar-refractivity contribution is 0.215. The quantitative estimate of drug-likeness (QED) is 0.323. The third kappa shape index (κ3) is 2.91. The van der Waals surface area contributed by atoms with Crippen molar-refractivity contribution in [1.82, 2.24) is 14.3 Å². The Morgan fingerprint density at radius 1 is 0.757 bits per heavy atom. The third-order valence-corrected chi connectivity index (χ3v) is 8.68. The van der Waals surface area contributed by atoms with Crippen molar-refractivity contribution < 1.29 is 0 Å². The molecule has 1 aliphatic heterocycles. The van der Waals surface area contributed by atoms with E-state index >= 15 is 0 Å². The summed E-state index contributed by atoms with van der Waals surface area (Å²) in [6.45, 7) is 3.91. The maximum Gasteiger partial charge on any atom is 0.157 e. The highest BCUT2D eigenvalue weighted by molar-refractivity contribution is 5.87. The molecule has 2 aliphatic carbocycles. The SMILES string of the molecule is N#Cc1c2c(c(N3CCN(C4c5ccccc5-c5ccccc54)CC3)n3c1nc1ccccc13)CCC2. The van der Waals surface area contributed by atoms with E-state index in [-0.39, 0.29) is 0 Å². The molecule has 1 saturated heterocycles. The molecule has 2 aromatic heterocycles. The highest BCUT2D eigenvalue weighted by atomic mass is 15.3. The lowest BCUT2D eigenvalue weighted by atomic mass is 10.0. The van der Waals surface area contributed by atoms with Crippen molar-refractivity contribution in [3.8, 4) is 17.2 Å². The van der Waals surface area contributed by atoms with Gasteiger partial charge in [-0.05, 0) is 64.8 Å². The molecule has 5 aromatic rings. The van der Waals surface area contributed by atoms with Gasteiger partial charge in [0, 0.05) is 26.2 Å². The number of anilines is 1. The Balaban J connectivity index is 1.21. The molecule has 180 valence electrons. The summed E-state index contributed by atoms with van der Waals surface area (Å²) in [4.78, 5) is 10.2. The first-order valence-electron chi connectivity index (χ1n) is 13.4. The van der Waals surface area contributed by atoms with Crippen LogP contribution in [0.5, 0.6) is 0 Å². The lowest BCUT2D eigenvalue weighted by Crippen LogP contribution is -2.48. The Morgan fingerprint density at radius 3 is 2.14 bits per heavy atom. The second-order valence-electron chi connectivity index (χ2n) is 10.5. The summed E-state index contributed by atoms with van der Waals surface area (Å²) >= 11 is 0. The molecule has 0 N–H and O–H groups in total. The van der Waals surface area contributed by atoms with Crippen LogP contribution in [-0.4, -0.2) is 40.5 Å². The van der Waals surface area contributed by atoms with E-state index in [9.17, 15) is 5.26 Å². The number of pyridine rings is 1. The molecule has 5 heteroatoms. The van der Waals surface area contributed by atoms with Crippen LogP contribution in [0.2, 0.25) is 0 Å². The van der Waals surface area contributed by atoms with Crippen LogP contribution in [0.1, 0.15) is 40.3 Å². The number of piperazine rings is 1. The van der Waals surface area contributed by atoms with Crippen LogP contribution >= 0.6 is 0 Å². The number of hydrogen-bond donors (Lipinski definition) is 0. The molecule has 3 aromatic carbocycles. The van der Waals surface area contributed by atoms with Crippen molar-refractivity contribution in [3.05, 3.63) is 101 Å². The standard InChI is InChI=1S/C32H27N5/c33-20-27-23-12-7-13-26(23)32(37-29-15-6-5-14-28(29)34-31(27)37)36-18-16-35(17-19-36)30-24-10-3-1-8-21(24)22-9-2-4-11-25(22)30/h1-6,8-11,14-15,30H,7,12-13,16-19H2. The van der Waals surface area contributed by atoms with Gasteiger partial charge in [0.05, 0.1) is 22.6 Å². The summed E-state index contributed by atoms with van der Waals surface area (Å²) in [5, 5.41) is 10.1. The zero-order chi connectivity index (χ0) is 24.5. The van der Waals surface area contributed by atoms with Gasteiger partial charge in [-0.25, -0.2) is 4.98 Å². The number of hydrogen-bond acceptors (Lipinski definition) is 4. The zero-order valence-corrected chi connectivity index (χ0v) is 20.7. The van der Waals surface area contributed by atoms with Crippen LogP contribution in [0.25, 0.3) is 27.8 Å². The van der Waals surface area contributed by atoms with Gasteiger partial charge in [-0.2, -0.15) is 5.26 Å². The molecule has 3 heterocycles. The predicted octanol–water partition coefficient (Wildman–Crippen LogP) is 5.74. The van der Waals surface area contributed by atoms with Crippen LogP contribution in [0.3, 0.4) is 0 Å². The zero-order valence-electron chi connectivity index (χ0n) is 20.7. The van der Waals surface area contributed by atoms with E-state index in [0.717, 1.165) is 67.7 Å². The normalized spacial score (nSPS) is 17.2. The Morgan fingerprint density at radius 2 is 1.41 bits per heavy atom. The number of para-hydroxylation sites is 2. The van der Waals surface area contributed by atoms with Gasteiger partial charge in [-0.1, -0.05) is 60.7 Å². The van der Waals surface area contributed by atoms with Crippen molar-refractivity contribution in [2.24, 2.45) is 0 Å². The van der Waals surface area contributed by atoms with E-state index < -0.39 is 0 Å². The minimum Gasteiger partial charge on any atom is -0.355 e. The van der Waals surface area contributed by atoms with Crippen LogP contribution in [0.15, 0.2) is 72.8 Å². The molecular weight excluding hydrogens is 454 g/mol. The van der Waals surface area contributed by atoms with Crippen LogP contribution < -0.4 is 4.90 Å². The Labute approximate surface area is 216 Å². The van der Waals surface area contributed by atoms with Crippen molar-refractivity contribution in [1.29, 1.82) is 5.26 Å². The number of rotatable bonds is 2. The molecule has 0 spiro atoms. The minimum atomic E-state index is 0.315. The first-order valence-corrected chi connectivity index (χ1v) is 13.4. The molecule has 0 atom stereocenters. The molecule has 0 amide bonds. The molecule has 1 fully saturated rings. The van der Waals surface area contributed by atoms with Gasteiger partial charge in [0.15, 0.2) is 5.65 Å². The van der Waals surface area contributed by atoms with E-state index in [0.29, 0.717) is 6.04 Å². The maximum atomic E-state index is 10.1. The number of nitriles is 1. The number of imidazole rings is 1. The molecule has 0 saturated carbocycles. The lowest BCUT2D eigenvalue weighted by Gasteiger charge is -2.40. The van der Waals surface area contributed by atoms with E-state index in [1.54, 1.807) is 0 Å². The van der Waals surface area contributed by atoms with Gasteiger partial charge in [-0.3, -0.25) is 9.30 Å². The van der Waals surface area contributed by atoms with Gasteiger partial charge in [0.2, 0.25) is 0 Å². The first-order chi connectivity index (χ1) is 18.3. The van der Waals surface area contributed by atoms with Gasteiger partial charge < -0.3 is 4.90 Å². The van der Waals surface area contributed by atoms with Crippen LogP contribution in [0, 0.1) is 11.3 Å². The van der Waals surface area contributed by atoms with Gasteiger partial charge >= 0.3 is 0 Å². The van der Waals surface area contributed by atoms with Crippen molar-refractivity contribution >= 4 is 22.5 Å². The molecule has 8 rings (SSSR count). The summed E-state index contributed by atoms with van der Waals surface area (Å²) < 4.78 is 2.29. The molecular formula is C32H27N5. The maximum absolute atomic E-state index is 10.1. The third-order valence-electron chi connectivity index (χ3n) is 8.68. The predicted molar refractivity (Wildman–Crippen MR) is 147 cm³/mol. The number of benzene rings is 3. The molecule has 0 bridgehead atoms. The molecule has 5 nitrogen and oxygen atoms in total. The summed E-state index contributed by atoms with van der Waals surface area (Å²) in [5.74, 6) is 1.27. The van der Waals surface area contributed by atoms with Gasteiger partial charge in [0.25, 0.3) is 0 Å². The average molecular weight is 482 g/mol. The molecule has 0 radical (unpaired) electrons. The summed E-state index contributed by atoms with van der Waals surface area (Å²) in [5.41, 5.74) is 11.8. The summed E-state index contributed by atoms with van der Waals surface area (Å²) in [6.07, 6.45) is 3.11. The van der Waals surface area contributed by atoms with Gasteiger partial charge in [-0.15, -0.1) is 0 Å². The minimum absolute atomic E-state index is 0.315. The summed E-state index contributed by atoms with van der Waals surface area (Å²) in [6, 6.07) is 29.0. The largest absolute Gasteiger partial charge is 0.355 e. The Kier molecular flexibility index (Phi) is 4.50. The van der Waals surface area contributed by atoms with Crippen molar-refractivity contribution in [2.75, 3.05) is 31.1 Å². The number of nitrogens with zero attached hydrogens (tertiary/aromatic N) is 5. The number of fused-ring (bicyclic) bond motifs is 7. The summed E-state index contributed by atoms with van der Waals surface area (Å²) in [7, 11) is 0. The fraction of sp³-hybridized carbons (Fsp3) is 0.250.